The lowest BCUT2D eigenvalue weighted by Crippen LogP contribution is -2.44. The third-order valence-electron chi connectivity index (χ3n) is 3.72. The predicted octanol–water partition coefficient (Wildman–Crippen LogP) is 3.42. The van der Waals surface area contributed by atoms with Crippen LogP contribution in [0.3, 0.4) is 0 Å². The Balaban J connectivity index is 2.59. The molecule has 0 saturated carbocycles. The van der Waals surface area contributed by atoms with Gasteiger partial charge < -0.3 is 15.3 Å². The first-order valence-corrected chi connectivity index (χ1v) is 7.60. The number of nitrogens with zero attached hydrogens (tertiary/aromatic N) is 1. The van der Waals surface area contributed by atoms with Crippen LogP contribution in [0.2, 0.25) is 5.02 Å². The third-order valence-corrected chi connectivity index (χ3v) is 4.14. The smallest absolute Gasteiger partial charge is 0.317 e. The average Bonchev–Trinajstić information content (AvgIpc) is 2.47. The lowest BCUT2D eigenvalue weighted by molar-refractivity contribution is 0.116. The first kappa shape index (κ1) is 18.7. The lowest BCUT2D eigenvalue weighted by atomic mass is 9.87. The summed E-state index contributed by atoms with van der Waals surface area (Å²) in [5.74, 6) is -0.500. The Kier molecular flexibility index (Phi) is 6.63. The van der Waals surface area contributed by atoms with Gasteiger partial charge in [-0.2, -0.15) is 0 Å². The SMILES string of the molecule is C[C@@H](CC(C)(C)CO)N(C)C(=O)NCc1cccc(F)c1Cl. The van der Waals surface area contributed by atoms with E-state index in [4.69, 9.17) is 11.6 Å². The molecule has 1 atom stereocenters. The monoisotopic (exact) mass is 330 g/mol. The van der Waals surface area contributed by atoms with Crippen LogP contribution in [-0.2, 0) is 6.54 Å². The van der Waals surface area contributed by atoms with E-state index in [1.807, 2.05) is 20.8 Å². The molecule has 0 fully saturated rings. The van der Waals surface area contributed by atoms with Gasteiger partial charge in [0.25, 0.3) is 0 Å². The highest BCUT2D eigenvalue weighted by molar-refractivity contribution is 6.31. The largest absolute Gasteiger partial charge is 0.396 e. The fourth-order valence-electron chi connectivity index (χ4n) is 2.18. The van der Waals surface area contributed by atoms with Gasteiger partial charge in [0, 0.05) is 26.2 Å². The molecular weight excluding hydrogens is 307 g/mol. The van der Waals surface area contributed by atoms with Crippen molar-refractivity contribution in [2.24, 2.45) is 5.41 Å². The van der Waals surface area contributed by atoms with Crippen LogP contribution < -0.4 is 5.32 Å². The Morgan fingerprint density at radius 1 is 1.50 bits per heavy atom. The van der Waals surface area contributed by atoms with E-state index in [1.54, 1.807) is 24.1 Å². The van der Waals surface area contributed by atoms with Crippen LogP contribution >= 0.6 is 11.6 Å². The van der Waals surface area contributed by atoms with E-state index < -0.39 is 5.82 Å². The zero-order valence-electron chi connectivity index (χ0n) is 13.5. The number of halogens is 2. The standard InChI is InChI=1S/C16H24ClFN2O2/c1-11(8-16(2,3)10-21)20(4)15(22)19-9-12-6-5-7-13(18)14(12)17/h5-7,11,21H,8-10H2,1-4H3,(H,19,22)/t11-/m0/s1. The number of aliphatic hydroxyl groups excluding tert-OH is 1. The molecule has 0 aromatic heterocycles. The first-order chi connectivity index (χ1) is 10.2. The third kappa shape index (κ3) is 5.14. The van der Waals surface area contributed by atoms with Crippen LogP contribution in [0.25, 0.3) is 0 Å². The highest BCUT2D eigenvalue weighted by atomic mass is 35.5. The number of carbonyl (C=O) groups is 1. The van der Waals surface area contributed by atoms with E-state index >= 15 is 0 Å². The van der Waals surface area contributed by atoms with Gasteiger partial charge in [0.2, 0.25) is 0 Å². The molecule has 22 heavy (non-hydrogen) atoms. The van der Waals surface area contributed by atoms with Crippen molar-refractivity contribution in [1.29, 1.82) is 0 Å². The molecule has 0 unspecified atom stereocenters. The van der Waals surface area contributed by atoms with Crippen LogP contribution in [0.4, 0.5) is 9.18 Å². The number of rotatable bonds is 6. The first-order valence-electron chi connectivity index (χ1n) is 7.22. The minimum absolute atomic E-state index is 0.0277. The number of nitrogens with one attached hydrogen (secondary N) is 1. The number of amides is 2. The second-order valence-electron chi connectivity index (χ2n) is 6.36. The van der Waals surface area contributed by atoms with Crippen molar-refractivity contribution in [3.63, 3.8) is 0 Å². The highest BCUT2D eigenvalue weighted by Crippen LogP contribution is 2.23. The highest BCUT2D eigenvalue weighted by Gasteiger charge is 2.24. The Bertz CT molecular complexity index is 523. The van der Waals surface area contributed by atoms with Crippen molar-refractivity contribution >= 4 is 17.6 Å². The number of hydrogen-bond acceptors (Lipinski definition) is 2. The fraction of sp³-hybridized carbons (Fsp3) is 0.562. The molecule has 124 valence electrons. The molecule has 0 saturated heterocycles. The Hall–Kier alpha value is -1.33. The summed E-state index contributed by atoms with van der Waals surface area (Å²) in [7, 11) is 1.70. The van der Waals surface area contributed by atoms with Crippen molar-refractivity contribution in [3.8, 4) is 0 Å². The zero-order chi connectivity index (χ0) is 16.9. The van der Waals surface area contributed by atoms with Gasteiger partial charge in [-0.1, -0.05) is 37.6 Å². The van der Waals surface area contributed by atoms with Gasteiger partial charge in [0.15, 0.2) is 0 Å². The Morgan fingerprint density at radius 2 is 2.14 bits per heavy atom. The van der Waals surface area contributed by atoms with Crippen LogP contribution in [0, 0.1) is 11.2 Å². The molecule has 0 spiro atoms. The molecule has 0 aliphatic rings. The van der Waals surface area contributed by atoms with Crippen molar-refractivity contribution in [2.45, 2.75) is 39.8 Å². The summed E-state index contributed by atoms with van der Waals surface area (Å²) in [6.07, 6.45) is 0.675. The summed E-state index contributed by atoms with van der Waals surface area (Å²) in [5, 5.41) is 12.1. The molecule has 0 bridgehead atoms. The van der Waals surface area contributed by atoms with Gasteiger partial charge >= 0.3 is 6.03 Å². The summed E-state index contributed by atoms with van der Waals surface area (Å²) >= 11 is 5.86. The molecule has 0 radical (unpaired) electrons. The molecule has 1 rings (SSSR count). The molecule has 0 heterocycles. The van der Waals surface area contributed by atoms with Crippen molar-refractivity contribution in [3.05, 3.63) is 34.6 Å². The molecule has 6 heteroatoms. The minimum atomic E-state index is -0.500. The number of benzene rings is 1. The van der Waals surface area contributed by atoms with Crippen LogP contribution in [0.5, 0.6) is 0 Å². The molecule has 0 aliphatic carbocycles. The number of hydrogen-bond donors (Lipinski definition) is 2. The van der Waals surface area contributed by atoms with E-state index in [0.717, 1.165) is 0 Å². The summed E-state index contributed by atoms with van der Waals surface area (Å²) in [6, 6.07) is 4.20. The fourth-order valence-corrected chi connectivity index (χ4v) is 2.37. The molecule has 1 aromatic rings. The lowest BCUT2D eigenvalue weighted by Gasteiger charge is -2.31. The summed E-state index contributed by atoms with van der Waals surface area (Å²) in [5.41, 5.74) is 0.284. The molecular formula is C16H24ClFN2O2. The van der Waals surface area contributed by atoms with Gasteiger partial charge in [-0.3, -0.25) is 0 Å². The maximum Gasteiger partial charge on any atom is 0.317 e. The number of carbonyl (C=O) groups excluding carboxylic acids is 1. The van der Waals surface area contributed by atoms with E-state index in [-0.39, 0.29) is 35.7 Å². The average molecular weight is 331 g/mol. The van der Waals surface area contributed by atoms with Crippen LogP contribution in [-0.4, -0.2) is 35.7 Å². The summed E-state index contributed by atoms with van der Waals surface area (Å²) in [4.78, 5) is 13.7. The molecule has 4 nitrogen and oxygen atoms in total. The van der Waals surface area contributed by atoms with Crippen LogP contribution in [0.15, 0.2) is 18.2 Å². The topological polar surface area (TPSA) is 52.6 Å². The predicted molar refractivity (Wildman–Crippen MR) is 86.4 cm³/mol. The van der Waals surface area contributed by atoms with E-state index in [9.17, 15) is 14.3 Å². The van der Waals surface area contributed by atoms with Crippen molar-refractivity contribution < 1.29 is 14.3 Å². The van der Waals surface area contributed by atoms with E-state index in [2.05, 4.69) is 5.32 Å². The second-order valence-corrected chi connectivity index (χ2v) is 6.74. The second kappa shape index (κ2) is 7.79. The summed E-state index contributed by atoms with van der Waals surface area (Å²) in [6.45, 7) is 6.04. The minimum Gasteiger partial charge on any atom is -0.396 e. The van der Waals surface area contributed by atoms with Gasteiger partial charge in [-0.15, -0.1) is 0 Å². The number of urea groups is 1. The normalized spacial score (nSPS) is 12.9. The maximum atomic E-state index is 13.3. The van der Waals surface area contributed by atoms with Crippen LogP contribution in [0.1, 0.15) is 32.8 Å². The quantitative estimate of drug-likeness (QED) is 0.839. The molecule has 2 N–H and O–H groups in total. The number of aliphatic hydroxyl groups is 1. The summed E-state index contributed by atoms with van der Waals surface area (Å²) < 4.78 is 13.3. The van der Waals surface area contributed by atoms with E-state index in [0.29, 0.717) is 12.0 Å². The zero-order valence-corrected chi connectivity index (χ0v) is 14.2. The Morgan fingerprint density at radius 3 is 2.73 bits per heavy atom. The van der Waals surface area contributed by atoms with Gasteiger partial charge in [0.05, 0.1) is 5.02 Å². The van der Waals surface area contributed by atoms with Gasteiger partial charge in [-0.05, 0) is 30.4 Å². The van der Waals surface area contributed by atoms with E-state index in [1.165, 1.54) is 6.07 Å². The van der Waals surface area contributed by atoms with Gasteiger partial charge in [0.1, 0.15) is 5.82 Å². The molecule has 1 aromatic carbocycles. The van der Waals surface area contributed by atoms with Crippen molar-refractivity contribution in [2.75, 3.05) is 13.7 Å². The van der Waals surface area contributed by atoms with Gasteiger partial charge in [-0.25, -0.2) is 9.18 Å². The Labute approximate surface area is 136 Å². The molecule has 0 aliphatic heterocycles. The maximum absolute atomic E-state index is 13.3. The van der Waals surface area contributed by atoms with Crippen molar-refractivity contribution in [1.82, 2.24) is 10.2 Å². The molecule has 2 amide bonds.